The van der Waals surface area contributed by atoms with E-state index >= 15 is 0 Å². The third-order valence-corrected chi connectivity index (χ3v) is 3.88. The molecule has 1 fully saturated rings. The van der Waals surface area contributed by atoms with Crippen molar-refractivity contribution >= 4 is 17.7 Å². The maximum atomic E-state index is 11.9. The van der Waals surface area contributed by atoms with Gasteiger partial charge < -0.3 is 10.1 Å². The first-order chi connectivity index (χ1) is 9.22. The van der Waals surface area contributed by atoms with Gasteiger partial charge in [-0.2, -0.15) is 0 Å². The number of hydrogen-bond acceptors (Lipinski definition) is 6. The predicted molar refractivity (Wildman–Crippen MR) is 70.9 cm³/mol. The summed E-state index contributed by atoms with van der Waals surface area (Å²) in [6.45, 7) is 3.15. The van der Waals surface area contributed by atoms with Gasteiger partial charge in [-0.1, -0.05) is 11.8 Å². The van der Waals surface area contributed by atoms with Crippen molar-refractivity contribution in [2.75, 3.05) is 20.3 Å². The van der Waals surface area contributed by atoms with Crippen LogP contribution in [-0.4, -0.2) is 51.6 Å². The van der Waals surface area contributed by atoms with E-state index in [1.165, 1.54) is 11.8 Å². The number of tetrazole rings is 1. The van der Waals surface area contributed by atoms with Crippen LogP contribution in [0.3, 0.4) is 0 Å². The third-order valence-electron chi connectivity index (χ3n) is 2.83. The Labute approximate surface area is 116 Å². The first kappa shape index (κ1) is 14.3. The van der Waals surface area contributed by atoms with Crippen molar-refractivity contribution in [2.45, 2.75) is 42.6 Å². The molecule has 1 aromatic rings. The van der Waals surface area contributed by atoms with Crippen LogP contribution in [0.25, 0.3) is 0 Å². The van der Waals surface area contributed by atoms with Crippen LogP contribution >= 0.6 is 11.8 Å². The molecule has 2 rings (SSSR count). The molecule has 1 aromatic heterocycles. The zero-order valence-corrected chi connectivity index (χ0v) is 12.0. The van der Waals surface area contributed by atoms with E-state index in [4.69, 9.17) is 4.74 Å². The van der Waals surface area contributed by atoms with Gasteiger partial charge in [0.2, 0.25) is 11.1 Å². The van der Waals surface area contributed by atoms with Crippen LogP contribution in [0.2, 0.25) is 0 Å². The summed E-state index contributed by atoms with van der Waals surface area (Å²) in [6, 6.07) is 0.425. The van der Waals surface area contributed by atoms with E-state index < -0.39 is 0 Å². The lowest BCUT2D eigenvalue weighted by Gasteiger charge is -2.11. The van der Waals surface area contributed by atoms with Gasteiger partial charge in [0, 0.05) is 20.3 Å². The topological polar surface area (TPSA) is 81.9 Å². The molecule has 0 aliphatic heterocycles. The van der Waals surface area contributed by atoms with Gasteiger partial charge in [-0.15, -0.1) is 5.10 Å². The number of nitrogens with one attached hydrogen (secondary N) is 1. The Morgan fingerprint density at radius 1 is 1.63 bits per heavy atom. The van der Waals surface area contributed by atoms with Gasteiger partial charge in [-0.25, -0.2) is 4.68 Å². The minimum Gasteiger partial charge on any atom is -0.385 e. The van der Waals surface area contributed by atoms with Crippen LogP contribution in [0.1, 0.15) is 32.2 Å². The van der Waals surface area contributed by atoms with Crippen molar-refractivity contribution in [2.24, 2.45) is 0 Å². The largest absolute Gasteiger partial charge is 0.385 e. The lowest BCUT2D eigenvalue weighted by molar-refractivity contribution is -0.120. The molecule has 1 heterocycles. The van der Waals surface area contributed by atoms with E-state index in [0.29, 0.717) is 19.2 Å². The summed E-state index contributed by atoms with van der Waals surface area (Å²) in [5, 5.41) is 15.0. The number of hydrogen-bond donors (Lipinski definition) is 1. The summed E-state index contributed by atoms with van der Waals surface area (Å²) in [6.07, 6.45) is 3.06. The van der Waals surface area contributed by atoms with Crippen LogP contribution in [0.4, 0.5) is 0 Å². The fourth-order valence-electron chi connectivity index (χ4n) is 1.59. The highest BCUT2D eigenvalue weighted by Crippen LogP contribution is 2.37. The van der Waals surface area contributed by atoms with Crippen molar-refractivity contribution in [1.82, 2.24) is 25.5 Å². The fraction of sp³-hybridized carbons (Fsp3) is 0.818. The van der Waals surface area contributed by atoms with Crippen molar-refractivity contribution < 1.29 is 9.53 Å². The van der Waals surface area contributed by atoms with E-state index in [1.54, 1.807) is 7.11 Å². The van der Waals surface area contributed by atoms with E-state index in [9.17, 15) is 4.79 Å². The maximum Gasteiger partial charge on any atom is 0.233 e. The Bertz CT molecular complexity index is 421. The lowest BCUT2D eigenvalue weighted by atomic mass is 10.4. The number of amides is 1. The second kappa shape index (κ2) is 6.85. The number of thioether (sulfide) groups is 1. The highest BCUT2D eigenvalue weighted by molar-refractivity contribution is 8.00. The fourth-order valence-corrected chi connectivity index (χ4v) is 2.48. The Balaban J connectivity index is 1.77. The molecule has 0 radical (unpaired) electrons. The van der Waals surface area contributed by atoms with Gasteiger partial charge in [0.15, 0.2) is 0 Å². The van der Waals surface area contributed by atoms with Crippen molar-refractivity contribution in [1.29, 1.82) is 0 Å². The first-order valence-corrected chi connectivity index (χ1v) is 7.31. The average molecular weight is 285 g/mol. The number of aromatic nitrogens is 4. The highest BCUT2D eigenvalue weighted by Gasteiger charge is 2.29. The molecule has 1 atom stereocenters. The summed E-state index contributed by atoms with van der Waals surface area (Å²) >= 11 is 1.40. The zero-order chi connectivity index (χ0) is 13.7. The number of carbonyl (C=O) groups is 1. The van der Waals surface area contributed by atoms with E-state index in [2.05, 4.69) is 20.8 Å². The van der Waals surface area contributed by atoms with E-state index in [1.807, 2.05) is 11.6 Å². The number of methoxy groups -OCH3 is 1. The van der Waals surface area contributed by atoms with E-state index in [-0.39, 0.29) is 11.2 Å². The zero-order valence-electron chi connectivity index (χ0n) is 11.2. The molecule has 0 bridgehead atoms. The monoisotopic (exact) mass is 285 g/mol. The van der Waals surface area contributed by atoms with Gasteiger partial charge in [-0.05, 0) is 36.6 Å². The third kappa shape index (κ3) is 4.17. The summed E-state index contributed by atoms with van der Waals surface area (Å²) in [7, 11) is 1.65. The van der Waals surface area contributed by atoms with Crippen molar-refractivity contribution in [3.8, 4) is 0 Å². The molecular formula is C11H19N5O2S. The summed E-state index contributed by atoms with van der Waals surface area (Å²) in [5.41, 5.74) is 0. The van der Waals surface area contributed by atoms with Crippen molar-refractivity contribution in [3.63, 3.8) is 0 Å². The van der Waals surface area contributed by atoms with Crippen LogP contribution in [0, 0.1) is 0 Å². The van der Waals surface area contributed by atoms with Crippen LogP contribution < -0.4 is 5.32 Å². The standard InChI is InChI=1S/C11H19N5O2S/c1-8(10(17)12-6-3-7-18-2)19-11-13-14-15-16(11)9-4-5-9/h8-9H,3-7H2,1-2H3,(H,12,17). The Morgan fingerprint density at radius 2 is 2.42 bits per heavy atom. The maximum absolute atomic E-state index is 11.9. The Kier molecular flexibility index (Phi) is 5.15. The number of ether oxygens (including phenoxy) is 1. The minimum absolute atomic E-state index is 0.00597. The Hall–Kier alpha value is -1.15. The predicted octanol–water partition coefficient (Wildman–Crippen LogP) is 0.641. The number of nitrogens with zero attached hydrogens (tertiary/aromatic N) is 4. The molecule has 0 aromatic carbocycles. The number of rotatable bonds is 8. The second-order valence-electron chi connectivity index (χ2n) is 4.53. The van der Waals surface area contributed by atoms with Crippen LogP contribution in [-0.2, 0) is 9.53 Å². The number of carbonyl (C=O) groups excluding carboxylic acids is 1. The SMILES string of the molecule is COCCCNC(=O)C(C)Sc1nnnn1C1CC1. The average Bonchev–Trinajstić information content (AvgIpc) is 3.15. The molecule has 106 valence electrons. The highest BCUT2D eigenvalue weighted by atomic mass is 32.2. The quantitative estimate of drug-likeness (QED) is 0.557. The van der Waals surface area contributed by atoms with E-state index in [0.717, 1.165) is 24.4 Å². The molecule has 1 unspecified atom stereocenters. The van der Waals surface area contributed by atoms with Gasteiger partial charge in [0.1, 0.15) is 0 Å². The molecule has 1 aliphatic carbocycles. The molecule has 0 spiro atoms. The molecule has 0 saturated heterocycles. The van der Waals surface area contributed by atoms with Gasteiger partial charge in [0.25, 0.3) is 0 Å². The van der Waals surface area contributed by atoms with Gasteiger partial charge >= 0.3 is 0 Å². The second-order valence-corrected chi connectivity index (χ2v) is 5.84. The van der Waals surface area contributed by atoms with Crippen LogP contribution in [0.15, 0.2) is 5.16 Å². The van der Waals surface area contributed by atoms with Crippen molar-refractivity contribution in [3.05, 3.63) is 0 Å². The van der Waals surface area contributed by atoms with Gasteiger partial charge in [0.05, 0.1) is 11.3 Å². The molecule has 1 N–H and O–H groups in total. The molecule has 1 amide bonds. The molecule has 19 heavy (non-hydrogen) atoms. The minimum atomic E-state index is -0.203. The molecular weight excluding hydrogens is 266 g/mol. The first-order valence-electron chi connectivity index (χ1n) is 6.43. The smallest absolute Gasteiger partial charge is 0.233 e. The normalized spacial score (nSPS) is 16.3. The molecule has 7 nitrogen and oxygen atoms in total. The summed E-state index contributed by atoms with van der Waals surface area (Å²) < 4.78 is 6.75. The lowest BCUT2D eigenvalue weighted by Crippen LogP contribution is -2.32. The van der Waals surface area contributed by atoms with Crippen LogP contribution in [0.5, 0.6) is 0 Å². The Morgan fingerprint density at radius 3 is 3.11 bits per heavy atom. The summed E-state index contributed by atoms with van der Waals surface area (Å²) in [4.78, 5) is 11.9. The molecule has 8 heteroatoms. The summed E-state index contributed by atoms with van der Waals surface area (Å²) in [5.74, 6) is 0.00597. The molecule has 1 aliphatic rings. The molecule has 1 saturated carbocycles. The van der Waals surface area contributed by atoms with Gasteiger partial charge in [-0.3, -0.25) is 4.79 Å².